The first-order valence-electron chi connectivity index (χ1n) is 11.1. The molecule has 2 amide bonds. The molecule has 0 radical (unpaired) electrons. The molecule has 0 unspecified atom stereocenters. The summed E-state index contributed by atoms with van der Waals surface area (Å²) in [6.45, 7) is 5.82. The van der Waals surface area contributed by atoms with Crippen molar-refractivity contribution in [1.29, 1.82) is 0 Å². The third-order valence-electron chi connectivity index (χ3n) is 6.50. The number of amides is 2. The van der Waals surface area contributed by atoms with Crippen LogP contribution >= 0.6 is 0 Å². The molecule has 2 aromatic rings. The lowest BCUT2D eigenvalue weighted by Crippen LogP contribution is -2.60. The second-order valence-corrected chi connectivity index (χ2v) is 8.60. The molecule has 30 heavy (non-hydrogen) atoms. The number of ether oxygens (including phenoxy) is 1. The van der Waals surface area contributed by atoms with E-state index >= 15 is 0 Å². The van der Waals surface area contributed by atoms with Crippen LogP contribution in [-0.2, 0) is 6.54 Å². The Labute approximate surface area is 177 Å². The Balaban J connectivity index is 1.06. The summed E-state index contributed by atoms with van der Waals surface area (Å²) in [6.07, 6.45) is 10.6. The predicted molar refractivity (Wildman–Crippen MR) is 112 cm³/mol. The van der Waals surface area contributed by atoms with Gasteiger partial charge in [-0.25, -0.2) is 9.78 Å². The molecule has 2 saturated heterocycles. The quantitative estimate of drug-likeness (QED) is 0.755. The monoisotopic (exact) mass is 410 g/mol. The molecule has 160 valence electrons. The summed E-state index contributed by atoms with van der Waals surface area (Å²) in [5.74, 6) is 0.613. The van der Waals surface area contributed by atoms with E-state index in [1.807, 2.05) is 45.1 Å². The van der Waals surface area contributed by atoms with Crippen molar-refractivity contribution in [2.45, 2.75) is 44.4 Å². The summed E-state index contributed by atoms with van der Waals surface area (Å²) in [4.78, 5) is 23.8. The van der Waals surface area contributed by atoms with Gasteiger partial charge < -0.3 is 14.5 Å². The van der Waals surface area contributed by atoms with Crippen LogP contribution < -0.4 is 4.74 Å². The van der Waals surface area contributed by atoms with E-state index in [1.165, 1.54) is 19.3 Å². The average molecular weight is 411 g/mol. The first kappa shape index (κ1) is 19.4. The fourth-order valence-corrected chi connectivity index (χ4v) is 4.44. The molecule has 8 nitrogen and oxygen atoms in total. The number of pyridine rings is 1. The molecule has 0 N–H and O–H groups in total. The van der Waals surface area contributed by atoms with Crippen molar-refractivity contribution >= 4 is 6.03 Å². The zero-order chi connectivity index (χ0) is 20.3. The van der Waals surface area contributed by atoms with E-state index in [2.05, 4.69) is 15.0 Å². The van der Waals surface area contributed by atoms with Crippen molar-refractivity contribution < 1.29 is 9.53 Å². The van der Waals surface area contributed by atoms with E-state index < -0.39 is 0 Å². The number of nitrogens with zero attached hydrogens (tertiary/aromatic N) is 6. The van der Waals surface area contributed by atoms with Gasteiger partial charge in [-0.1, -0.05) is 12.5 Å². The summed E-state index contributed by atoms with van der Waals surface area (Å²) in [7, 11) is 0. The highest BCUT2D eigenvalue weighted by Gasteiger charge is 2.36. The Kier molecular flexibility index (Phi) is 5.57. The maximum Gasteiger partial charge on any atom is 0.320 e. The Bertz CT molecular complexity index is 830. The number of carbonyl (C=O) groups excluding carboxylic acids is 1. The molecule has 0 spiro atoms. The second-order valence-electron chi connectivity index (χ2n) is 8.60. The van der Waals surface area contributed by atoms with Gasteiger partial charge >= 0.3 is 6.03 Å². The number of carbonyl (C=O) groups is 1. The Morgan fingerprint density at radius 2 is 1.97 bits per heavy atom. The van der Waals surface area contributed by atoms with E-state index in [4.69, 9.17) is 4.74 Å². The molecule has 0 atom stereocenters. The van der Waals surface area contributed by atoms with Crippen LogP contribution in [0.15, 0.2) is 36.8 Å². The third kappa shape index (κ3) is 4.28. The topological polar surface area (TPSA) is 66.7 Å². The first-order chi connectivity index (χ1) is 14.7. The van der Waals surface area contributed by atoms with Crippen LogP contribution in [-0.4, -0.2) is 86.9 Å². The van der Waals surface area contributed by atoms with Gasteiger partial charge in [0.05, 0.1) is 19.6 Å². The minimum atomic E-state index is 0.0249. The Morgan fingerprint density at radius 3 is 2.67 bits per heavy atom. The van der Waals surface area contributed by atoms with Crippen molar-refractivity contribution in [3.8, 4) is 5.88 Å². The van der Waals surface area contributed by atoms with Gasteiger partial charge in [-0.15, -0.1) is 0 Å². The third-order valence-corrected chi connectivity index (χ3v) is 6.50. The largest absolute Gasteiger partial charge is 0.471 e. The zero-order valence-electron chi connectivity index (χ0n) is 17.4. The Hall–Kier alpha value is -2.61. The number of hydrogen-bond acceptors (Lipinski definition) is 5. The van der Waals surface area contributed by atoms with Crippen LogP contribution in [0, 0.1) is 0 Å². The van der Waals surface area contributed by atoms with Crippen molar-refractivity contribution in [3.63, 3.8) is 0 Å². The number of likely N-dealkylation sites (tertiary alicyclic amines) is 1. The van der Waals surface area contributed by atoms with E-state index in [0.29, 0.717) is 25.5 Å². The summed E-state index contributed by atoms with van der Waals surface area (Å²) in [6, 6.07) is 6.74. The lowest BCUT2D eigenvalue weighted by atomic mass is 9.91. The Morgan fingerprint density at radius 1 is 1.07 bits per heavy atom. The average Bonchev–Trinajstić information content (AvgIpc) is 3.07. The highest BCUT2D eigenvalue weighted by molar-refractivity contribution is 5.75. The van der Waals surface area contributed by atoms with Crippen molar-refractivity contribution in [1.82, 2.24) is 29.5 Å². The van der Waals surface area contributed by atoms with Crippen LogP contribution in [0.3, 0.4) is 0 Å². The minimum absolute atomic E-state index is 0.0249. The normalized spacial score (nSPS) is 21.1. The fourth-order valence-electron chi connectivity index (χ4n) is 4.44. The number of aromatic nitrogens is 3. The lowest BCUT2D eigenvalue weighted by Gasteiger charge is -2.41. The van der Waals surface area contributed by atoms with Crippen LogP contribution in [0.1, 0.15) is 31.2 Å². The van der Waals surface area contributed by atoms with Crippen LogP contribution in [0.4, 0.5) is 4.79 Å². The van der Waals surface area contributed by atoms with Gasteiger partial charge in [0.25, 0.3) is 0 Å². The maximum atomic E-state index is 12.8. The summed E-state index contributed by atoms with van der Waals surface area (Å²) in [5, 5.41) is 4.21. The second kappa shape index (κ2) is 8.63. The van der Waals surface area contributed by atoms with Crippen LogP contribution in [0.5, 0.6) is 5.88 Å². The molecule has 0 bridgehead atoms. The maximum absolute atomic E-state index is 12.8. The van der Waals surface area contributed by atoms with E-state index in [9.17, 15) is 4.79 Å². The molecule has 8 heteroatoms. The van der Waals surface area contributed by atoms with E-state index in [0.717, 1.165) is 44.2 Å². The molecule has 3 fully saturated rings. The van der Waals surface area contributed by atoms with Crippen LogP contribution in [0.25, 0.3) is 0 Å². The van der Waals surface area contributed by atoms with Gasteiger partial charge in [0.1, 0.15) is 6.10 Å². The SMILES string of the molecule is O=C(N1CCCN(C2CCC2)CC1)N1CC(Oc2ccc(Cn3cccn3)cn2)C1. The smallest absolute Gasteiger partial charge is 0.320 e. The summed E-state index contributed by atoms with van der Waals surface area (Å²) < 4.78 is 7.81. The molecular formula is C22H30N6O2. The van der Waals surface area contributed by atoms with Gasteiger partial charge in [0, 0.05) is 56.9 Å². The van der Waals surface area contributed by atoms with E-state index in [-0.39, 0.29) is 12.1 Å². The molecular weight excluding hydrogens is 380 g/mol. The number of urea groups is 1. The molecule has 1 aliphatic carbocycles. The van der Waals surface area contributed by atoms with E-state index in [1.54, 1.807) is 6.20 Å². The zero-order valence-corrected chi connectivity index (χ0v) is 17.4. The molecule has 0 aromatic carbocycles. The number of hydrogen-bond donors (Lipinski definition) is 0. The lowest BCUT2D eigenvalue weighted by molar-refractivity contribution is 0.0283. The minimum Gasteiger partial charge on any atom is -0.471 e. The van der Waals surface area contributed by atoms with Crippen molar-refractivity contribution in [2.24, 2.45) is 0 Å². The molecule has 3 aliphatic rings. The summed E-state index contributed by atoms with van der Waals surface area (Å²) in [5.41, 5.74) is 1.08. The van der Waals surface area contributed by atoms with Gasteiger partial charge in [-0.3, -0.25) is 9.58 Å². The molecule has 2 aromatic heterocycles. The molecule has 2 aliphatic heterocycles. The van der Waals surface area contributed by atoms with Gasteiger partial charge in [0.2, 0.25) is 5.88 Å². The van der Waals surface area contributed by atoms with Crippen molar-refractivity contribution in [2.75, 3.05) is 39.3 Å². The molecule has 1 saturated carbocycles. The van der Waals surface area contributed by atoms with Crippen LogP contribution in [0.2, 0.25) is 0 Å². The highest BCUT2D eigenvalue weighted by atomic mass is 16.5. The standard InChI is InChI=1S/C22H30N6O2/c29-22(26-10-3-9-25(12-13-26)19-4-1-5-19)27-16-20(17-27)30-21-7-6-18(14-23-21)15-28-11-2-8-24-28/h2,6-8,11,14,19-20H,1,3-5,9-10,12-13,15-17H2. The van der Waals surface area contributed by atoms with Gasteiger partial charge in [-0.05, 0) is 30.9 Å². The fraction of sp³-hybridized carbons (Fsp3) is 0.591. The predicted octanol–water partition coefficient (Wildman–Crippen LogP) is 2.07. The van der Waals surface area contributed by atoms with Gasteiger partial charge in [-0.2, -0.15) is 5.10 Å². The highest BCUT2D eigenvalue weighted by Crippen LogP contribution is 2.26. The summed E-state index contributed by atoms with van der Waals surface area (Å²) >= 11 is 0. The van der Waals surface area contributed by atoms with Crippen molar-refractivity contribution in [3.05, 3.63) is 42.4 Å². The molecule has 4 heterocycles. The first-order valence-corrected chi connectivity index (χ1v) is 11.1. The number of rotatable bonds is 5. The molecule has 5 rings (SSSR count). The van der Waals surface area contributed by atoms with Gasteiger partial charge in [0.15, 0.2) is 0 Å².